The normalized spacial score (nSPS) is 54.0. The molecule has 0 bridgehead atoms. The molecule has 6 fully saturated rings. The smallest absolute Gasteiger partial charge is 0.311 e. The van der Waals surface area contributed by atoms with E-state index in [0.29, 0.717) is 5.92 Å². The highest BCUT2D eigenvalue weighted by Gasteiger charge is 2.85. The Kier molecular flexibility index (Phi) is 6.30. The van der Waals surface area contributed by atoms with Crippen LogP contribution in [0.5, 0.6) is 0 Å². The molecular weight excluding hydrogens is 516 g/mol. The van der Waals surface area contributed by atoms with Crippen molar-refractivity contribution in [2.45, 2.75) is 163 Å². The van der Waals surface area contributed by atoms with Crippen LogP contribution < -0.4 is 0 Å². The summed E-state index contributed by atoms with van der Waals surface area (Å²) in [5, 5.41) is 34.7. The molecule has 0 aromatic carbocycles. The second-order valence-corrected chi connectivity index (χ2v) is 18.5. The summed E-state index contributed by atoms with van der Waals surface area (Å²) < 4.78 is 12.9. The largest absolute Gasteiger partial charge is 0.461 e. The fourth-order valence-corrected chi connectivity index (χ4v) is 12.6. The third-order valence-corrected chi connectivity index (χ3v) is 14.6. The van der Waals surface area contributed by atoms with Crippen LogP contribution in [0.15, 0.2) is 0 Å². The summed E-state index contributed by atoms with van der Waals surface area (Å²) in [6, 6.07) is 0. The van der Waals surface area contributed by atoms with Gasteiger partial charge in [0.05, 0.1) is 34.9 Å². The molecule has 41 heavy (non-hydrogen) atoms. The van der Waals surface area contributed by atoms with Gasteiger partial charge in [-0.25, -0.2) is 0 Å². The molecule has 1 aliphatic heterocycles. The van der Waals surface area contributed by atoms with Gasteiger partial charge in [-0.05, 0) is 133 Å². The minimum absolute atomic E-state index is 0.00162. The Morgan fingerprint density at radius 3 is 2.07 bits per heavy atom. The predicted molar refractivity (Wildman–Crippen MR) is 158 cm³/mol. The highest BCUT2D eigenvalue weighted by Crippen LogP contribution is 2.89. The fraction of sp³-hybridized carbons (Fsp3) is 0.971. The van der Waals surface area contributed by atoms with Crippen LogP contribution in [-0.4, -0.2) is 56.9 Å². The lowest BCUT2D eigenvalue weighted by Crippen LogP contribution is -2.62. The molecule has 6 rings (SSSR count). The van der Waals surface area contributed by atoms with Crippen molar-refractivity contribution in [2.24, 2.45) is 50.2 Å². The molecule has 5 aliphatic carbocycles. The second-order valence-electron chi connectivity index (χ2n) is 18.5. The highest BCUT2D eigenvalue weighted by molar-refractivity contribution is 5.75. The molecule has 3 N–H and O–H groups in total. The minimum atomic E-state index is -0.905. The Bertz CT molecular complexity index is 1100. The third-order valence-electron chi connectivity index (χ3n) is 14.6. The first-order valence-corrected chi connectivity index (χ1v) is 16.6. The van der Waals surface area contributed by atoms with Gasteiger partial charge in [0.15, 0.2) is 0 Å². The lowest BCUT2D eigenvalue weighted by atomic mass is 9.41. The number of rotatable bonds is 3. The number of carbonyl (C=O) groups is 1. The number of aliphatic hydroxyl groups is 3. The molecule has 5 saturated carbocycles. The van der Waals surface area contributed by atoms with Crippen LogP contribution >= 0.6 is 0 Å². The molecule has 2 unspecified atom stereocenters. The molecule has 6 nitrogen and oxygen atoms in total. The van der Waals surface area contributed by atoms with Gasteiger partial charge in [-0.15, -0.1) is 0 Å². The van der Waals surface area contributed by atoms with Gasteiger partial charge < -0.3 is 24.8 Å². The molecule has 1 saturated heterocycles. The lowest BCUT2D eigenvalue weighted by Gasteiger charge is -2.64. The van der Waals surface area contributed by atoms with E-state index >= 15 is 0 Å². The number of carbonyl (C=O) groups excluding carboxylic acids is 1. The number of fused-ring (bicyclic) bond motifs is 2. The van der Waals surface area contributed by atoms with Crippen molar-refractivity contribution in [3.8, 4) is 0 Å². The van der Waals surface area contributed by atoms with Gasteiger partial charge in [0.1, 0.15) is 6.10 Å². The summed E-state index contributed by atoms with van der Waals surface area (Å²) in [6.45, 7) is 20.9. The maximum absolute atomic E-state index is 12.9. The van der Waals surface area contributed by atoms with Crippen molar-refractivity contribution in [1.29, 1.82) is 0 Å². The van der Waals surface area contributed by atoms with Crippen molar-refractivity contribution >= 4 is 5.97 Å². The number of hydrogen-bond donors (Lipinski definition) is 3. The van der Waals surface area contributed by atoms with Gasteiger partial charge in [0.25, 0.3) is 0 Å². The zero-order chi connectivity index (χ0) is 30.4. The molecule has 234 valence electrons. The Morgan fingerprint density at radius 2 is 1.49 bits per heavy atom. The average molecular weight is 575 g/mol. The van der Waals surface area contributed by atoms with E-state index in [0.717, 1.165) is 57.8 Å². The monoisotopic (exact) mass is 574 g/mol. The summed E-state index contributed by atoms with van der Waals surface area (Å²) in [5.74, 6) is 0.301. The SMILES string of the molecule is CC(C)(C)C(=O)O[C@H]1CC[C@]23CC24CC[C@]2(C)[C@@H](C5(C)CC[C@@H](C(C)(C)O)O5)[C@@H](O)C[C@@]2(C)[C@@H]4C[C@H](O)[C@H]3C1(C)C. The summed E-state index contributed by atoms with van der Waals surface area (Å²) in [5.41, 5.74) is -2.19. The van der Waals surface area contributed by atoms with Crippen molar-refractivity contribution in [3.05, 3.63) is 0 Å². The molecule has 0 radical (unpaired) electrons. The molecule has 0 aromatic rings. The Morgan fingerprint density at radius 1 is 0.829 bits per heavy atom. The average Bonchev–Trinajstić information content (AvgIpc) is 3.17. The zero-order valence-corrected chi connectivity index (χ0v) is 27.5. The first-order valence-electron chi connectivity index (χ1n) is 16.6. The minimum Gasteiger partial charge on any atom is -0.461 e. The van der Waals surface area contributed by atoms with Crippen molar-refractivity contribution < 1.29 is 29.6 Å². The van der Waals surface area contributed by atoms with E-state index in [-0.39, 0.29) is 57.1 Å². The summed E-state index contributed by atoms with van der Waals surface area (Å²) in [7, 11) is 0. The predicted octanol–water partition coefficient (Wildman–Crippen LogP) is 6.03. The summed E-state index contributed by atoms with van der Waals surface area (Å²) in [4.78, 5) is 12.9. The molecule has 0 amide bonds. The number of esters is 1. The second kappa shape index (κ2) is 8.52. The zero-order valence-electron chi connectivity index (χ0n) is 27.5. The van der Waals surface area contributed by atoms with Crippen LogP contribution in [0.25, 0.3) is 0 Å². The molecule has 6 heteroatoms. The highest BCUT2D eigenvalue weighted by atomic mass is 16.5. The van der Waals surface area contributed by atoms with E-state index in [1.807, 2.05) is 34.6 Å². The van der Waals surface area contributed by atoms with E-state index in [2.05, 4.69) is 34.6 Å². The molecule has 2 spiro atoms. The molecule has 0 aromatic heterocycles. The Hall–Kier alpha value is -0.690. The van der Waals surface area contributed by atoms with Crippen molar-refractivity contribution in [2.75, 3.05) is 0 Å². The van der Waals surface area contributed by atoms with Gasteiger partial charge in [-0.1, -0.05) is 27.7 Å². The molecule has 6 aliphatic rings. The third kappa shape index (κ3) is 3.78. The van der Waals surface area contributed by atoms with Crippen LogP contribution in [0.4, 0.5) is 0 Å². The van der Waals surface area contributed by atoms with E-state index in [4.69, 9.17) is 9.47 Å². The first kappa shape index (κ1) is 30.3. The van der Waals surface area contributed by atoms with Gasteiger partial charge in [-0.2, -0.15) is 0 Å². The van der Waals surface area contributed by atoms with Gasteiger partial charge in [-0.3, -0.25) is 4.79 Å². The molecule has 1 heterocycles. The Balaban J connectivity index is 1.31. The standard InChI is InChI=1S/C35H58O6/c1-28(2,3)27(38)40-23-12-14-35-19-34(35)16-15-31(8)26(33(10)13-11-24(41-33)30(6,7)39)21(37)18-32(31,9)22(34)17-20(36)25(35)29(23,4)5/h20-26,36-37,39H,11-19H2,1-10H3/t20-,21-,22-,23-,24-,25-,26-,31+,32-,33?,34?,35+/m0/s1. The Labute approximate surface area is 248 Å². The molecule has 12 atom stereocenters. The van der Waals surface area contributed by atoms with Crippen LogP contribution in [-0.2, 0) is 14.3 Å². The van der Waals surface area contributed by atoms with E-state index in [1.54, 1.807) is 0 Å². The number of aliphatic hydroxyl groups excluding tert-OH is 2. The summed E-state index contributed by atoms with van der Waals surface area (Å²) >= 11 is 0. The van der Waals surface area contributed by atoms with Gasteiger partial charge >= 0.3 is 5.97 Å². The van der Waals surface area contributed by atoms with E-state index < -0.39 is 28.8 Å². The van der Waals surface area contributed by atoms with Crippen LogP contribution in [0.1, 0.15) is 127 Å². The van der Waals surface area contributed by atoms with Gasteiger partial charge in [0.2, 0.25) is 0 Å². The van der Waals surface area contributed by atoms with Crippen LogP contribution in [0.2, 0.25) is 0 Å². The maximum atomic E-state index is 12.9. The van der Waals surface area contributed by atoms with E-state index in [9.17, 15) is 20.1 Å². The topological polar surface area (TPSA) is 96.2 Å². The van der Waals surface area contributed by atoms with Gasteiger partial charge in [0, 0.05) is 11.3 Å². The van der Waals surface area contributed by atoms with Crippen molar-refractivity contribution in [3.63, 3.8) is 0 Å². The lowest BCUT2D eigenvalue weighted by molar-refractivity contribution is -0.220. The first-order chi connectivity index (χ1) is 18.6. The summed E-state index contributed by atoms with van der Waals surface area (Å²) in [6.07, 6.45) is 7.04. The van der Waals surface area contributed by atoms with Crippen LogP contribution in [0, 0.1) is 50.2 Å². The maximum Gasteiger partial charge on any atom is 0.311 e. The van der Waals surface area contributed by atoms with E-state index in [1.165, 1.54) is 0 Å². The number of hydrogen-bond acceptors (Lipinski definition) is 6. The number of ether oxygens (including phenoxy) is 2. The molecular formula is C35H58O6. The van der Waals surface area contributed by atoms with Crippen molar-refractivity contribution in [1.82, 2.24) is 0 Å². The fourth-order valence-electron chi connectivity index (χ4n) is 12.6. The van der Waals surface area contributed by atoms with Crippen LogP contribution in [0.3, 0.4) is 0 Å². The quantitative estimate of drug-likeness (QED) is 0.356.